The average Bonchev–Trinajstić information content (AvgIpc) is 3.23. The van der Waals surface area contributed by atoms with Gasteiger partial charge >= 0.3 is 0 Å². The molecule has 0 aliphatic rings. The van der Waals surface area contributed by atoms with Crippen LogP contribution in [0, 0.1) is 17.2 Å². The minimum Gasteiger partial charge on any atom is -0.493 e. The Hall–Kier alpha value is -5.98. The Balaban J connectivity index is 0.000000227. The molecule has 6 aromatic rings. The Morgan fingerprint density at radius 1 is 0.702 bits per heavy atom. The third kappa shape index (κ3) is 9.36. The standard InChI is InChI=1S/C27H38N2O4.C21H19N3/c1-20(2)27(19-28,22-10-12-24(31-5)26(18-22)33-7)14-8-15-29(3)16-13-21-9-11-23(30-4)25(17-21)32-6;1-2-24-20-13-16(23)9-11-18(20)17-10-8-15(22)12-19(17)21(24)14-6-4-3-5-7-14/h9-12,17-18,20H,8,13-16H2,1-7H3;3-13,23H,2,22H2,1H3/p+1. The van der Waals surface area contributed by atoms with Crippen molar-refractivity contribution in [1.29, 1.82) is 5.26 Å². The number of rotatable bonds is 15. The van der Waals surface area contributed by atoms with E-state index in [0.29, 0.717) is 11.5 Å². The Bertz CT molecular complexity index is 2320. The first-order chi connectivity index (χ1) is 27.5. The van der Waals surface area contributed by atoms with E-state index in [1.54, 1.807) is 28.4 Å². The van der Waals surface area contributed by atoms with Crippen molar-refractivity contribution in [3.63, 3.8) is 0 Å². The van der Waals surface area contributed by atoms with Crippen molar-refractivity contribution >= 4 is 33.1 Å². The molecule has 0 bridgehead atoms. The van der Waals surface area contributed by atoms with E-state index >= 15 is 0 Å². The predicted molar refractivity (Wildman–Crippen MR) is 233 cm³/mol. The molecule has 0 aliphatic heterocycles. The van der Waals surface area contributed by atoms with Crippen molar-refractivity contribution < 1.29 is 23.5 Å². The normalized spacial score (nSPS) is 12.2. The molecule has 4 N–H and O–H groups in total. The van der Waals surface area contributed by atoms with Crippen molar-refractivity contribution in [3.05, 3.63) is 114 Å². The molecule has 0 fully saturated rings. The molecule has 1 unspecified atom stereocenters. The van der Waals surface area contributed by atoms with Gasteiger partial charge in [0, 0.05) is 34.9 Å². The van der Waals surface area contributed by atoms with Crippen LogP contribution in [0.15, 0.2) is 103 Å². The van der Waals surface area contributed by atoms with Crippen molar-refractivity contribution in [2.75, 3.05) is 60.0 Å². The Labute approximate surface area is 338 Å². The molecule has 1 aromatic heterocycles. The van der Waals surface area contributed by atoms with Crippen LogP contribution in [0.3, 0.4) is 0 Å². The van der Waals surface area contributed by atoms with Gasteiger partial charge in [-0.25, -0.2) is 0 Å². The van der Waals surface area contributed by atoms with Gasteiger partial charge in [-0.2, -0.15) is 9.83 Å². The van der Waals surface area contributed by atoms with E-state index in [-0.39, 0.29) is 5.92 Å². The maximum atomic E-state index is 10.2. The van der Waals surface area contributed by atoms with Crippen LogP contribution in [-0.4, -0.2) is 53.5 Å². The largest absolute Gasteiger partial charge is 0.493 e. The Kier molecular flexibility index (Phi) is 14.2. The highest BCUT2D eigenvalue weighted by Crippen LogP contribution is 2.40. The van der Waals surface area contributed by atoms with E-state index in [9.17, 15) is 5.26 Å². The van der Waals surface area contributed by atoms with Gasteiger partial charge in [-0.1, -0.05) is 50.2 Å². The van der Waals surface area contributed by atoms with E-state index in [2.05, 4.69) is 98.0 Å². The second-order valence-electron chi connectivity index (χ2n) is 14.7. The number of nitrogens with two attached hydrogens (primary N) is 2. The second kappa shape index (κ2) is 19.2. The van der Waals surface area contributed by atoms with E-state index < -0.39 is 5.41 Å². The molecule has 9 heteroatoms. The van der Waals surface area contributed by atoms with Gasteiger partial charge in [-0.3, -0.25) is 0 Å². The molecule has 0 aliphatic carbocycles. The summed E-state index contributed by atoms with van der Waals surface area (Å²) >= 11 is 0. The number of pyridine rings is 1. The summed E-state index contributed by atoms with van der Waals surface area (Å²) in [4.78, 5) is 2.31. The topological polar surface area (TPSA) is 120 Å². The lowest BCUT2D eigenvalue weighted by atomic mass is 9.69. The minimum absolute atomic E-state index is 0.165. The summed E-state index contributed by atoms with van der Waals surface area (Å²) in [6.07, 6.45) is 2.61. The summed E-state index contributed by atoms with van der Waals surface area (Å²) in [6, 6.07) is 37.2. The molecule has 9 nitrogen and oxygen atoms in total. The van der Waals surface area contributed by atoms with E-state index in [0.717, 1.165) is 72.9 Å². The highest BCUT2D eigenvalue weighted by Gasteiger charge is 2.36. The number of nitriles is 1. The molecule has 298 valence electrons. The van der Waals surface area contributed by atoms with Crippen LogP contribution in [0.5, 0.6) is 23.0 Å². The third-order valence-corrected chi connectivity index (χ3v) is 11.0. The quantitative estimate of drug-likeness (QED) is 0.0603. The van der Waals surface area contributed by atoms with Crippen LogP contribution >= 0.6 is 0 Å². The Morgan fingerprint density at radius 2 is 1.32 bits per heavy atom. The van der Waals surface area contributed by atoms with Gasteiger partial charge in [0.15, 0.2) is 23.0 Å². The molecule has 1 atom stereocenters. The fourth-order valence-corrected chi connectivity index (χ4v) is 7.72. The number of likely N-dealkylation sites (N-methyl/N-ethyl adjacent to an activating group) is 1. The first-order valence-corrected chi connectivity index (χ1v) is 19.6. The lowest BCUT2D eigenvalue weighted by Gasteiger charge is -2.32. The predicted octanol–water partition coefficient (Wildman–Crippen LogP) is 9.22. The number of aryl methyl sites for hydroxylation is 1. The first kappa shape index (κ1) is 42.2. The van der Waals surface area contributed by atoms with E-state index in [1.165, 1.54) is 33.0 Å². The summed E-state index contributed by atoms with van der Waals surface area (Å²) in [5, 5.41) is 13.8. The van der Waals surface area contributed by atoms with Gasteiger partial charge in [0.25, 0.3) is 0 Å². The smallest absolute Gasteiger partial charge is 0.220 e. The fourth-order valence-electron chi connectivity index (χ4n) is 7.72. The van der Waals surface area contributed by atoms with E-state index in [4.69, 9.17) is 30.4 Å². The summed E-state index contributed by atoms with van der Waals surface area (Å²) < 4.78 is 23.9. The Morgan fingerprint density at radius 3 is 1.93 bits per heavy atom. The van der Waals surface area contributed by atoms with Gasteiger partial charge < -0.3 is 35.3 Å². The number of benzene rings is 5. The lowest BCUT2D eigenvalue weighted by molar-refractivity contribution is -0.655. The zero-order valence-corrected chi connectivity index (χ0v) is 34.8. The second-order valence-corrected chi connectivity index (χ2v) is 14.7. The van der Waals surface area contributed by atoms with Gasteiger partial charge in [0.1, 0.15) is 6.54 Å². The zero-order chi connectivity index (χ0) is 41.1. The van der Waals surface area contributed by atoms with Crippen LogP contribution in [0.4, 0.5) is 11.4 Å². The summed E-state index contributed by atoms with van der Waals surface area (Å²) in [7, 11) is 8.67. The molecule has 0 spiro atoms. The fraction of sp³-hybridized carbons (Fsp3) is 0.333. The molecule has 0 saturated carbocycles. The van der Waals surface area contributed by atoms with Crippen LogP contribution in [0.2, 0.25) is 0 Å². The number of anilines is 2. The van der Waals surface area contributed by atoms with Crippen LogP contribution in [-0.2, 0) is 18.4 Å². The van der Waals surface area contributed by atoms with Crippen molar-refractivity contribution in [2.45, 2.75) is 52.0 Å². The number of hydrogen-bond donors (Lipinski definition) is 2. The molecule has 57 heavy (non-hydrogen) atoms. The monoisotopic (exact) mass is 768 g/mol. The molecule has 0 saturated heterocycles. The molecule has 0 amide bonds. The number of nitrogens with zero attached hydrogens (tertiary/aromatic N) is 3. The number of fused-ring (bicyclic) bond motifs is 3. The SMILES string of the molecule is CC[n+]1c(-c2ccccc2)c2cc(N)ccc2c2ccc(N)cc21.COc1ccc(CCN(C)CCCC(C#N)(c2ccc(OC)c(OC)c2)C(C)C)cc1OC. The molecule has 1 heterocycles. The number of hydrogen-bond acceptors (Lipinski definition) is 8. The molecule has 5 aromatic carbocycles. The molecule has 0 radical (unpaired) electrons. The van der Waals surface area contributed by atoms with Crippen molar-refractivity contribution in [1.82, 2.24) is 4.90 Å². The summed E-state index contributed by atoms with van der Waals surface area (Å²) in [6.45, 7) is 9.08. The van der Waals surface area contributed by atoms with Crippen molar-refractivity contribution in [2.24, 2.45) is 5.92 Å². The lowest BCUT2D eigenvalue weighted by Crippen LogP contribution is -2.36. The number of methoxy groups -OCH3 is 4. The maximum Gasteiger partial charge on any atom is 0.220 e. The van der Waals surface area contributed by atoms with Crippen LogP contribution in [0.1, 0.15) is 44.7 Å². The van der Waals surface area contributed by atoms with Gasteiger partial charge in [0.2, 0.25) is 11.2 Å². The number of aromatic nitrogens is 1. The summed E-state index contributed by atoms with van der Waals surface area (Å²) in [5.41, 5.74) is 18.8. The highest BCUT2D eigenvalue weighted by molar-refractivity contribution is 6.10. The van der Waals surface area contributed by atoms with Gasteiger partial charge in [-0.05, 0) is 117 Å². The number of nitrogen functional groups attached to an aromatic ring is 2. The highest BCUT2D eigenvalue weighted by atomic mass is 16.5. The molecule has 6 rings (SSSR count). The molecular weight excluding hydrogens is 711 g/mol. The summed E-state index contributed by atoms with van der Waals surface area (Å²) in [5.74, 6) is 2.99. The van der Waals surface area contributed by atoms with Gasteiger partial charge in [-0.15, -0.1) is 0 Å². The maximum absolute atomic E-state index is 10.2. The van der Waals surface area contributed by atoms with E-state index in [1.807, 2.05) is 48.5 Å². The average molecular weight is 769 g/mol. The minimum atomic E-state index is -0.580. The zero-order valence-electron chi connectivity index (χ0n) is 34.8. The van der Waals surface area contributed by atoms with Crippen LogP contribution in [0.25, 0.3) is 32.9 Å². The third-order valence-electron chi connectivity index (χ3n) is 11.0. The number of ether oxygens (including phenoxy) is 4. The first-order valence-electron chi connectivity index (χ1n) is 19.6. The van der Waals surface area contributed by atoms with Gasteiger partial charge in [0.05, 0.1) is 50.7 Å². The van der Waals surface area contributed by atoms with Crippen LogP contribution < -0.4 is 35.0 Å². The molecular formula is C48H58N5O4+. The van der Waals surface area contributed by atoms with Crippen molar-refractivity contribution in [3.8, 4) is 40.3 Å².